The number of hydrogen-bond donors (Lipinski definition) is 2. The number of ether oxygens (including phenoxy) is 1. The number of cyclic esters (lactones) is 1. The van der Waals surface area contributed by atoms with Gasteiger partial charge in [-0.05, 0) is 31.5 Å². The summed E-state index contributed by atoms with van der Waals surface area (Å²) in [5, 5.41) is 6.00. The Kier molecular flexibility index (Phi) is 4.27. The zero-order valence-electron chi connectivity index (χ0n) is 12.0. The maximum atomic E-state index is 11.7. The molecule has 2 rings (SSSR count). The highest BCUT2D eigenvalue weighted by Gasteiger charge is 2.31. The highest BCUT2D eigenvalue weighted by molar-refractivity contribution is 5.91. The number of rotatable bonds is 4. The minimum absolute atomic E-state index is 0.0336. The van der Waals surface area contributed by atoms with Gasteiger partial charge in [0, 0.05) is 24.2 Å². The summed E-state index contributed by atoms with van der Waals surface area (Å²) in [4.78, 5) is 23.1. The Labute approximate surface area is 118 Å². The molecule has 1 saturated heterocycles. The number of hydrogen-bond acceptors (Lipinski definition) is 4. The number of carbonyl (C=O) groups excluding carboxylic acids is 2. The van der Waals surface area contributed by atoms with Crippen LogP contribution in [0.15, 0.2) is 18.2 Å². The van der Waals surface area contributed by atoms with Crippen LogP contribution >= 0.6 is 0 Å². The number of carbonyl (C=O) groups is 2. The molecule has 20 heavy (non-hydrogen) atoms. The van der Waals surface area contributed by atoms with Crippen molar-refractivity contribution >= 4 is 23.3 Å². The summed E-state index contributed by atoms with van der Waals surface area (Å²) in [7, 11) is 0. The van der Waals surface area contributed by atoms with Crippen molar-refractivity contribution in [2.45, 2.75) is 45.8 Å². The molecule has 1 fully saturated rings. The Morgan fingerprint density at radius 2 is 2.20 bits per heavy atom. The molecule has 0 radical (unpaired) electrons. The molecule has 2 atom stereocenters. The monoisotopic (exact) mass is 276 g/mol. The number of nitrogens with one attached hydrogen (secondary N) is 2. The van der Waals surface area contributed by atoms with Crippen molar-refractivity contribution < 1.29 is 14.3 Å². The molecule has 5 nitrogen and oxygen atoms in total. The van der Waals surface area contributed by atoms with Crippen LogP contribution < -0.4 is 10.6 Å². The average molecular weight is 276 g/mol. The van der Waals surface area contributed by atoms with Crippen LogP contribution in [0.2, 0.25) is 0 Å². The first-order chi connectivity index (χ1) is 9.49. The van der Waals surface area contributed by atoms with Crippen molar-refractivity contribution in [3.8, 4) is 0 Å². The Balaban J connectivity index is 2.12. The van der Waals surface area contributed by atoms with E-state index in [-0.39, 0.29) is 24.0 Å². The normalized spacial score (nSPS) is 21.4. The number of aryl methyl sites for hydroxylation is 1. The van der Waals surface area contributed by atoms with Crippen LogP contribution in [0.3, 0.4) is 0 Å². The van der Waals surface area contributed by atoms with Crippen LogP contribution in [0.25, 0.3) is 0 Å². The Morgan fingerprint density at radius 3 is 2.80 bits per heavy atom. The molecule has 0 bridgehead atoms. The quantitative estimate of drug-likeness (QED) is 0.829. The molecule has 1 amide bonds. The molecule has 1 aliphatic rings. The van der Waals surface area contributed by atoms with E-state index in [1.54, 1.807) is 6.92 Å². The van der Waals surface area contributed by atoms with E-state index < -0.39 is 0 Å². The third-order valence-corrected chi connectivity index (χ3v) is 3.34. The van der Waals surface area contributed by atoms with Gasteiger partial charge < -0.3 is 15.4 Å². The van der Waals surface area contributed by atoms with Crippen LogP contribution in [0.1, 0.15) is 32.3 Å². The lowest BCUT2D eigenvalue weighted by atomic mass is 10.1. The number of anilines is 2. The molecule has 0 aromatic heterocycles. The third-order valence-electron chi connectivity index (χ3n) is 3.34. The van der Waals surface area contributed by atoms with Gasteiger partial charge in [0.15, 0.2) is 0 Å². The molecular formula is C15H20N2O3. The molecule has 5 heteroatoms. The zero-order chi connectivity index (χ0) is 14.7. The highest BCUT2D eigenvalue weighted by Crippen LogP contribution is 2.24. The van der Waals surface area contributed by atoms with Gasteiger partial charge in [-0.1, -0.05) is 13.0 Å². The lowest BCUT2D eigenvalue weighted by molar-refractivity contribution is -0.141. The van der Waals surface area contributed by atoms with E-state index in [0.29, 0.717) is 12.8 Å². The number of benzene rings is 1. The lowest BCUT2D eigenvalue weighted by Crippen LogP contribution is -2.24. The zero-order valence-corrected chi connectivity index (χ0v) is 12.0. The van der Waals surface area contributed by atoms with Gasteiger partial charge in [0.05, 0.1) is 0 Å². The van der Waals surface area contributed by atoms with Crippen molar-refractivity contribution in [1.82, 2.24) is 0 Å². The second-order valence-electron chi connectivity index (χ2n) is 5.11. The van der Waals surface area contributed by atoms with E-state index in [0.717, 1.165) is 16.9 Å². The molecule has 0 saturated carbocycles. The molecule has 1 heterocycles. The van der Waals surface area contributed by atoms with Gasteiger partial charge in [0.2, 0.25) is 5.91 Å². The van der Waals surface area contributed by atoms with Gasteiger partial charge in [-0.3, -0.25) is 4.79 Å². The van der Waals surface area contributed by atoms with Crippen molar-refractivity contribution in [2.24, 2.45) is 0 Å². The second-order valence-corrected chi connectivity index (χ2v) is 5.11. The summed E-state index contributed by atoms with van der Waals surface area (Å²) >= 11 is 0. The molecule has 1 aromatic rings. The second kappa shape index (κ2) is 5.94. The largest absolute Gasteiger partial charge is 0.461 e. The van der Waals surface area contributed by atoms with Crippen LogP contribution in [0.4, 0.5) is 11.4 Å². The Morgan fingerprint density at radius 1 is 1.45 bits per heavy atom. The SMILES string of the molecule is CCC(=O)Nc1ccc(C)c(N[C@@H]2C[C@@H](C)OC2=O)c1. The fraction of sp³-hybridized carbons (Fsp3) is 0.467. The standard InChI is InChI=1S/C15H20N2O3/c1-4-14(18)16-11-6-5-9(2)12(8-11)17-13-7-10(3)20-15(13)19/h5-6,8,10,13,17H,4,7H2,1-3H3,(H,16,18)/t10-,13-/m1/s1. The summed E-state index contributed by atoms with van der Waals surface area (Å²) in [6, 6.07) is 5.29. The maximum Gasteiger partial charge on any atom is 0.328 e. The van der Waals surface area contributed by atoms with Crippen molar-refractivity contribution in [3.05, 3.63) is 23.8 Å². The summed E-state index contributed by atoms with van der Waals surface area (Å²) in [5.74, 6) is -0.256. The average Bonchev–Trinajstić information content (AvgIpc) is 2.71. The molecule has 0 aliphatic carbocycles. The fourth-order valence-corrected chi connectivity index (χ4v) is 2.17. The van der Waals surface area contributed by atoms with E-state index in [1.807, 2.05) is 32.0 Å². The fourth-order valence-electron chi connectivity index (χ4n) is 2.17. The first-order valence-electron chi connectivity index (χ1n) is 6.87. The van der Waals surface area contributed by atoms with Gasteiger partial charge in [-0.15, -0.1) is 0 Å². The van der Waals surface area contributed by atoms with Gasteiger partial charge in [-0.25, -0.2) is 4.79 Å². The molecule has 0 spiro atoms. The number of esters is 1. The molecule has 108 valence electrons. The molecule has 1 aromatic carbocycles. The predicted octanol–water partition coefficient (Wildman–Crippen LogP) is 2.46. The number of amides is 1. The molecular weight excluding hydrogens is 256 g/mol. The van der Waals surface area contributed by atoms with Crippen molar-refractivity contribution in [1.29, 1.82) is 0 Å². The summed E-state index contributed by atoms with van der Waals surface area (Å²) < 4.78 is 5.13. The van der Waals surface area contributed by atoms with Crippen LogP contribution in [-0.4, -0.2) is 24.0 Å². The lowest BCUT2D eigenvalue weighted by Gasteiger charge is -2.14. The molecule has 1 aliphatic heterocycles. The smallest absolute Gasteiger partial charge is 0.328 e. The van der Waals surface area contributed by atoms with Gasteiger partial charge in [-0.2, -0.15) is 0 Å². The van der Waals surface area contributed by atoms with Gasteiger partial charge in [0.25, 0.3) is 0 Å². The first kappa shape index (κ1) is 14.4. The van der Waals surface area contributed by atoms with Crippen LogP contribution in [-0.2, 0) is 14.3 Å². The van der Waals surface area contributed by atoms with E-state index >= 15 is 0 Å². The molecule has 2 N–H and O–H groups in total. The van der Waals surface area contributed by atoms with Crippen LogP contribution in [0.5, 0.6) is 0 Å². The highest BCUT2D eigenvalue weighted by atomic mass is 16.6. The predicted molar refractivity (Wildman–Crippen MR) is 77.7 cm³/mol. The van der Waals surface area contributed by atoms with Gasteiger partial charge in [0.1, 0.15) is 12.1 Å². The topological polar surface area (TPSA) is 67.4 Å². The first-order valence-corrected chi connectivity index (χ1v) is 6.87. The summed E-state index contributed by atoms with van der Waals surface area (Å²) in [6.07, 6.45) is 1.04. The minimum atomic E-state index is -0.319. The summed E-state index contributed by atoms with van der Waals surface area (Å²) in [6.45, 7) is 5.64. The Hall–Kier alpha value is -2.04. The minimum Gasteiger partial charge on any atom is -0.461 e. The third kappa shape index (κ3) is 3.29. The summed E-state index contributed by atoms with van der Waals surface area (Å²) in [5.41, 5.74) is 2.59. The van der Waals surface area contributed by atoms with Crippen LogP contribution in [0, 0.1) is 6.92 Å². The maximum absolute atomic E-state index is 11.7. The van der Waals surface area contributed by atoms with E-state index in [2.05, 4.69) is 10.6 Å². The van der Waals surface area contributed by atoms with E-state index in [4.69, 9.17) is 4.74 Å². The van der Waals surface area contributed by atoms with E-state index in [1.165, 1.54) is 0 Å². The van der Waals surface area contributed by atoms with Gasteiger partial charge >= 0.3 is 5.97 Å². The Bertz CT molecular complexity index is 528. The van der Waals surface area contributed by atoms with Crippen molar-refractivity contribution in [3.63, 3.8) is 0 Å². The molecule has 0 unspecified atom stereocenters. The van der Waals surface area contributed by atoms with Crippen molar-refractivity contribution in [2.75, 3.05) is 10.6 Å². The van der Waals surface area contributed by atoms with E-state index in [9.17, 15) is 9.59 Å².